The fraction of sp³-hybridized carbons (Fsp3) is 0.500. The van der Waals surface area contributed by atoms with E-state index in [9.17, 15) is 4.79 Å². The van der Waals surface area contributed by atoms with Gasteiger partial charge in [-0.25, -0.2) is 0 Å². The zero-order valence-electron chi connectivity index (χ0n) is 14.9. The van der Waals surface area contributed by atoms with E-state index in [0.717, 1.165) is 19.5 Å². The number of halogens is 2. The fourth-order valence-corrected chi connectivity index (χ4v) is 2.63. The average molecular weight is 389 g/mol. The van der Waals surface area contributed by atoms with Crippen LogP contribution in [0.5, 0.6) is 11.5 Å². The van der Waals surface area contributed by atoms with Crippen LogP contribution in [0.4, 0.5) is 0 Å². The normalized spacial score (nSPS) is 13.7. The minimum Gasteiger partial charge on any atom is -0.493 e. The maximum atomic E-state index is 12.4. The molecular formula is C18H26Cl2N2O3. The molecule has 0 aliphatic carbocycles. The van der Waals surface area contributed by atoms with Crippen LogP contribution in [0.15, 0.2) is 23.8 Å². The summed E-state index contributed by atoms with van der Waals surface area (Å²) in [6, 6.07) is 3.28. The summed E-state index contributed by atoms with van der Waals surface area (Å²) in [7, 11) is 1.54. The molecule has 0 spiro atoms. The summed E-state index contributed by atoms with van der Waals surface area (Å²) in [5.74, 6) is 1.14. The predicted molar refractivity (Wildman–Crippen MR) is 103 cm³/mol. The van der Waals surface area contributed by atoms with Crippen LogP contribution in [0.3, 0.4) is 0 Å². The molecule has 1 aliphatic rings. The third-order valence-electron chi connectivity index (χ3n) is 3.69. The van der Waals surface area contributed by atoms with Crippen molar-refractivity contribution in [2.24, 2.45) is 5.92 Å². The van der Waals surface area contributed by atoms with Gasteiger partial charge in [-0.15, -0.1) is 12.4 Å². The van der Waals surface area contributed by atoms with E-state index in [1.165, 1.54) is 12.7 Å². The van der Waals surface area contributed by atoms with Crippen LogP contribution in [0.25, 0.3) is 0 Å². The summed E-state index contributed by atoms with van der Waals surface area (Å²) >= 11 is 6.29. The van der Waals surface area contributed by atoms with Crippen LogP contribution < -0.4 is 20.1 Å². The van der Waals surface area contributed by atoms with Gasteiger partial charge in [0.2, 0.25) is 0 Å². The third kappa shape index (κ3) is 6.42. The van der Waals surface area contributed by atoms with E-state index < -0.39 is 0 Å². The fourth-order valence-electron chi connectivity index (χ4n) is 2.37. The number of carbonyl (C=O) groups excluding carboxylic acids is 1. The number of nitrogens with one attached hydrogen (secondary N) is 2. The molecule has 1 aromatic rings. The highest BCUT2D eigenvalue weighted by Crippen LogP contribution is 2.36. The summed E-state index contributed by atoms with van der Waals surface area (Å²) < 4.78 is 11.0. The Morgan fingerprint density at radius 3 is 2.76 bits per heavy atom. The second-order valence-electron chi connectivity index (χ2n) is 6.19. The van der Waals surface area contributed by atoms with Gasteiger partial charge in [0, 0.05) is 18.7 Å². The number of amides is 1. The molecule has 25 heavy (non-hydrogen) atoms. The number of methoxy groups -OCH3 is 1. The molecular weight excluding hydrogens is 363 g/mol. The summed E-state index contributed by atoms with van der Waals surface area (Å²) in [6.45, 7) is 6.99. The van der Waals surface area contributed by atoms with Crippen LogP contribution in [-0.2, 0) is 0 Å². The Hall–Kier alpha value is -1.43. The Morgan fingerprint density at radius 2 is 2.16 bits per heavy atom. The average Bonchev–Trinajstić information content (AvgIpc) is 2.58. The summed E-state index contributed by atoms with van der Waals surface area (Å²) in [6.07, 6.45) is 3.06. The minimum atomic E-state index is -0.176. The third-order valence-corrected chi connectivity index (χ3v) is 3.97. The largest absolute Gasteiger partial charge is 0.493 e. The van der Waals surface area contributed by atoms with Gasteiger partial charge in [-0.2, -0.15) is 0 Å². The number of rotatable bonds is 7. The molecule has 1 heterocycles. The molecule has 1 amide bonds. The highest BCUT2D eigenvalue weighted by molar-refractivity contribution is 6.32. The molecule has 2 rings (SSSR count). The molecule has 7 heteroatoms. The SMILES string of the molecule is COc1cc(C(=O)NCC2=CCNCC2)cc(Cl)c1OCC(C)C.Cl. The van der Waals surface area contributed by atoms with Crippen LogP contribution in [0, 0.1) is 5.92 Å². The first kappa shape index (κ1) is 21.6. The molecule has 0 fully saturated rings. The molecule has 0 atom stereocenters. The van der Waals surface area contributed by atoms with Crippen molar-refractivity contribution < 1.29 is 14.3 Å². The Kier molecular flexibility index (Phi) is 9.11. The van der Waals surface area contributed by atoms with Gasteiger partial charge in [0.1, 0.15) is 0 Å². The molecule has 0 radical (unpaired) electrons. The molecule has 0 bridgehead atoms. The Balaban J connectivity index is 0.00000312. The van der Waals surface area contributed by atoms with Crippen molar-refractivity contribution in [1.29, 1.82) is 0 Å². The van der Waals surface area contributed by atoms with Crippen LogP contribution >= 0.6 is 24.0 Å². The van der Waals surface area contributed by atoms with Crippen molar-refractivity contribution in [3.8, 4) is 11.5 Å². The van der Waals surface area contributed by atoms with Crippen molar-refractivity contribution in [3.05, 3.63) is 34.4 Å². The molecule has 0 saturated carbocycles. The van der Waals surface area contributed by atoms with E-state index in [4.69, 9.17) is 21.1 Å². The lowest BCUT2D eigenvalue weighted by atomic mass is 10.1. The Labute approximate surface area is 160 Å². The predicted octanol–water partition coefficient (Wildman–Crippen LogP) is 3.45. The molecule has 0 unspecified atom stereocenters. The number of benzene rings is 1. The summed E-state index contributed by atoms with van der Waals surface area (Å²) in [4.78, 5) is 12.4. The molecule has 2 N–H and O–H groups in total. The quantitative estimate of drug-likeness (QED) is 0.702. The minimum absolute atomic E-state index is 0. The summed E-state index contributed by atoms with van der Waals surface area (Å²) in [5, 5.41) is 6.55. The van der Waals surface area contributed by atoms with Crippen molar-refractivity contribution in [3.63, 3.8) is 0 Å². The summed E-state index contributed by atoms with van der Waals surface area (Å²) in [5.41, 5.74) is 1.69. The standard InChI is InChI=1S/C18H25ClN2O3.ClH/c1-12(2)11-24-17-15(19)8-14(9-16(17)23-3)18(22)21-10-13-4-6-20-7-5-13;/h4,8-9,12,20H,5-7,10-11H2,1-3H3,(H,21,22);1H. The molecule has 0 aromatic heterocycles. The topological polar surface area (TPSA) is 59.6 Å². The second kappa shape index (κ2) is 10.5. The first-order chi connectivity index (χ1) is 11.5. The van der Waals surface area contributed by atoms with Crippen LogP contribution in [0.1, 0.15) is 30.6 Å². The van der Waals surface area contributed by atoms with Gasteiger partial charge in [-0.3, -0.25) is 4.79 Å². The zero-order valence-corrected chi connectivity index (χ0v) is 16.4. The van der Waals surface area contributed by atoms with E-state index in [1.54, 1.807) is 12.1 Å². The van der Waals surface area contributed by atoms with Gasteiger partial charge in [0.05, 0.1) is 18.7 Å². The lowest BCUT2D eigenvalue weighted by molar-refractivity contribution is 0.0956. The smallest absolute Gasteiger partial charge is 0.251 e. The van der Waals surface area contributed by atoms with Gasteiger partial charge in [0.15, 0.2) is 11.5 Å². The van der Waals surface area contributed by atoms with Crippen LogP contribution in [-0.4, -0.2) is 39.3 Å². The first-order valence-corrected chi connectivity index (χ1v) is 8.56. The van der Waals surface area contributed by atoms with Gasteiger partial charge < -0.3 is 20.1 Å². The van der Waals surface area contributed by atoms with Gasteiger partial charge in [-0.1, -0.05) is 37.1 Å². The molecule has 1 aromatic carbocycles. The van der Waals surface area contributed by atoms with Gasteiger partial charge in [-0.05, 0) is 31.0 Å². The van der Waals surface area contributed by atoms with E-state index in [-0.39, 0.29) is 18.3 Å². The monoisotopic (exact) mass is 388 g/mol. The van der Waals surface area contributed by atoms with Gasteiger partial charge in [0.25, 0.3) is 5.91 Å². The maximum absolute atomic E-state index is 12.4. The van der Waals surface area contributed by atoms with Crippen molar-refractivity contribution >= 4 is 29.9 Å². The van der Waals surface area contributed by atoms with Crippen LogP contribution in [0.2, 0.25) is 5.02 Å². The molecule has 140 valence electrons. The molecule has 1 aliphatic heterocycles. The highest BCUT2D eigenvalue weighted by Gasteiger charge is 2.16. The Morgan fingerprint density at radius 1 is 1.40 bits per heavy atom. The van der Waals surface area contributed by atoms with Gasteiger partial charge >= 0.3 is 0 Å². The lowest BCUT2D eigenvalue weighted by Gasteiger charge is -2.16. The van der Waals surface area contributed by atoms with Crippen molar-refractivity contribution in [2.75, 3.05) is 33.4 Å². The molecule has 5 nitrogen and oxygen atoms in total. The van der Waals surface area contributed by atoms with E-state index in [0.29, 0.717) is 41.2 Å². The lowest BCUT2D eigenvalue weighted by Crippen LogP contribution is -2.29. The zero-order chi connectivity index (χ0) is 17.5. The highest BCUT2D eigenvalue weighted by atomic mass is 35.5. The van der Waals surface area contributed by atoms with Crippen molar-refractivity contribution in [2.45, 2.75) is 20.3 Å². The Bertz CT molecular complexity index is 619. The van der Waals surface area contributed by atoms with E-state index in [1.807, 2.05) is 0 Å². The maximum Gasteiger partial charge on any atom is 0.251 e. The van der Waals surface area contributed by atoms with E-state index >= 15 is 0 Å². The van der Waals surface area contributed by atoms with Crippen molar-refractivity contribution in [1.82, 2.24) is 10.6 Å². The number of ether oxygens (including phenoxy) is 2. The number of hydrogen-bond acceptors (Lipinski definition) is 4. The number of hydrogen-bond donors (Lipinski definition) is 2. The number of carbonyl (C=O) groups is 1. The second-order valence-corrected chi connectivity index (χ2v) is 6.60. The first-order valence-electron chi connectivity index (χ1n) is 8.18. The van der Waals surface area contributed by atoms with E-state index in [2.05, 4.69) is 30.6 Å². The molecule has 0 saturated heterocycles.